The summed E-state index contributed by atoms with van der Waals surface area (Å²) in [6.07, 6.45) is 1.21. The minimum absolute atomic E-state index is 0.114. The highest BCUT2D eigenvalue weighted by atomic mass is 16.5. The van der Waals surface area contributed by atoms with Crippen LogP contribution in [-0.4, -0.2) is 42.5 Å². The van der Waals surface area contributed by atoms with Gasteiger partial charge in [0.2, 0.25) is 0 Å². The molecule has 0 bridgehead atoms. The minimum Gasteiger partial charge on any atom is -0.377 e. The van der Waals surface area contributed by atoms with Gasteiger partial charge in [0, 0.05) is 18.2 Å². The molecule has 0 aliphatic carbocycles. The van der Waals surface area contributed by atoms with E-state index in [1.807, 2.05) is 45.2 Å². The van der Waals surface area contributed by atoms with E-state index in [9.17, 15) is 4.79 Å². The van der Waals surface area contributed by atoms with Gasteiger partial charge in [0.1, 0.15) is 0 Å². The van der Waals surface area contributed by atoms with Crippen LogP contribution in [0.5, 0.6) is 0 Å². The molecule has 1 aromatic rings. The van der Waals surface area contributed by atoms with Gasteiger partial charge in [0.15, 0.2) is 5.78 Å². The molecule has 3 heteroatoms. The number of likely N-dealkylation sites (N-methyl/N-ethyl adjacent to an activating group) is 1. The van der Waals surface area contributed by atoms with Gasteiger partial charge in [-0.15, -0.1) is 0 Å². The molecule has 1 aliphatic heterocycles. The Bertz CT molecular complexity index is 441. The summed E-state index contributed by atoms with van der Waals surface area (Å²) >= 11 is 0. The van der Waals surface area contributed by atoms with Crippen molar-refractivity contribution >= 4 is 5.78 Å². The van der Waals surface area contributed by atoms with Gasteiger partial charge in [-0.25, -0.2) is 0 Å². The van der Waals surface area contributed by atoms with Gasteiger partial charge in [-0.05, 0) is 34.2 Å². The summed E-state index contributed by atoms with van der Waals surface area (Å²) in [7, 11) is 2.02. The molecule has 3 atom stereocenters. The van der Waals surface area contributed by atoms with Gasteiger partial charge in [-0.2, -0.15) is 0 Å². The zero-order chi connectivity index (χ0) is 14.0. The first-order valence-electron chi connectivity index (χ1n) is 6.95. The van der Waals surface area contributed by atoms with Crippen molar-refractivity contribution in [2.75, 3.05) is 13.7 Å². The van der Waals surface area contributed by atoms with Gasteiger partial charge in [0.25, 0.3) is 0 Å². The summed E-state index contributed by atoms with van der Waals surface area (Å²) < 4.78 is 5.58. The first-order valence-corrected chi connectivity index (χ1v) is 6.95. The van der Waals surface area contributed by atoms with E-state index >= 15 is 0 Å². The molecule has 0 amide bonds. The fourth-order valence-corrected chi connectivity index (χ4v) is 2.69. The number of ketones is 1. The van der Waals surface area contributed by atoms with Crippen molar-refractivity contribution in [3.05, 3.63) is 35.4 Å². The molecule has 1 aliphatic rings. The van der Waals surface area contributed by atoms with Crippen LogP contribution in [0, 0.1) is 6.92 Å². The topological polar surface area (TPSA) is 29.5 Å². The SMILES string of the molecule is Cc1ccc(C(=O)C(C)N(C)C2CCOC2C)cc1. The van der Waals surface area contributed by atoms with Crippen molar-refractivity contribution < 1.29 is 9.53 Å². The number of hydrogen-bond donors (Lipinski definition) is 0. The lowest BCUT2D eigenvalue weighted by Gasteiger charge is -2.31. The lowest BCUT2D eigenvalue weighted by Crippen LogP contribution is -2.45. The fraction of sp³-hybridized carbons (Fsp3) is 0.562. The summed E-state index contributed by atoms with van der Waals surface area (Å²) in [5.41, 5.74) is 1.96. The third-order valence-corrected chi connectivity index (χ3v) is 4.19. The van der Waals surface area contributed by atoms with Crippen LogP contribution in [0.15, 0.2) is 24.3 Å². The zero-order valence-corrected chi connectivity index (χ0v) is 12.2. The maximum atomic E-state index is 12.5. The highest BCUT2D eigenvalue weighted by Crippen LogP contribution is 2.21. The van der Waals surface area contributed by atoms with Crippen molar-refractivity contribution in [2.45, 2.75) is 45.4 Å². The van der Waals surface area contributed by atoms with E-state index < -0.39 is 0 Å². The predicted molar refractivity (Wildman–Crippen MR) is 76.6 cm³/mol. The van der Waals surface area contributed by atoms with Crippen LogP contribution in [0.3, 0.4) is 0 Å². The van der Waals surface area contributed by atoms with Crippen molar-refractivity contribution in [2.24, 2.45) is 0 Å². The highest BCUT2D eigenvalue weighted by molar-refractivity contribution is 5.99. The number of hydrogen-bond acceptors (Lipinski definition) is 3. The van der Waals surface area contributed by atoms with Crippen LogP contribution in [0.1, 0.15) is 36.2 Å². The molecule has 3 nitrogen and oxygen atoms in total. The monoisotopic (exact) mass is 261 g/mol. The van der Waals surface area contributed by atoms with Crippen LogP contribution in [0.25, 0.3) is 0 Å². The van der Waals surface area contributed by atoms with Crippen molar-refractivity contribution in [1.29, 1.82) is 0 Å². The summed E-state index contributed by atoms with van der Waals surface area (Å²) in [6.45, 7) is 6.88. The molecule has 3 unspecified atom stereocenters. The molecule has 0 N–H and O–H groups in total. The molecular formula is C16H23NO2. The summed E-state index contributed by atoms with van der Waals surface area (Å²) in [5.74, 6) is 0.182. The number of Topliss-reactive ketones (excluding diaryl/α,β-unsaturated/α-hetero) is 1. The summed E-state index contributed by atoms with van der Waals surface area (Å²) in [4.78, 5) is 14.6. The lowest BCUT2D eigenvalue weighted by molar-refractivity contribution is 0.0605. The standard InChI is InChI=1S/C16H23NO2/c1-11-5-7-14(8-6-11)16(18)12(2)17(4)15-9-10-19-13(15)3/h5-8,12-13,15H,9-10H2,1-4H3. The van der Waals surface area contributed by atoms with E-state index in [0.29, 0.717) is 6.04 Å². The molecule has 0 aromatic heterocycles. The van der Waals surface area contributed by atoms with Gasteiger partial charge in [-0.1, -0.05) is 29.8 Å². The zero-order valence-electron chi connectivity index (χ0n) is 12.2. The molecule has 1 saturated heterocycles. The van der Waals surface area contributed by atoms with Crippen LogP contribution in [0.4, 0.5) is 0 Å². The van der Waals surface area contributed by atoms with Crippen LogP contribution < -0.4 is 0 Å². The lowest BCUT2D eigenvalue weighted by atomic mass is 10.0. The van der Waals surface area contributed by atoms with Crippen LogP contribution >= 0.6 is 0 Å². The molecular weight excluding hydrogens is 238 g/mol. The number of carbonyl (C=O) groups excluding carboxylic acids is 1. The van der Waals surface area contributed by atoms with Gasteiger partial charge in [-0.3, -0.25) is 9.69 Å². The predicted octanol–water partition coefficient (Wildman–Crippen LogP) is 2.68. The Balaban J connectivity index is 2.08. The fourth-order valence-electron chi connectivity index (χ4n) is 2.69. The third kappa shape index (κ3) is 3.04. The van der Waals surface area contributed by atoms with E-state index in [2.05, 4.69) is 11.8 Å². The number of carbonyl (C=O) groups is 1. The average Bonchev–Trinajstić information content (AvgIpc) is 2.83. The van der Waals surface area contributed by atoms with E-state index in [-0.39, 0.29) is 17.9 Å². The van der Waals surface area contributed by atoms with E-state index in [1.54, 1.807) is 0 Å². The maximum absolute atomic E-state index is 12.5. The smallest absolute Gasteiger partial charge is 0.179 e. The third-order valence-electron chi connectivity index (χ3n) is 4.19. The normalized spacial score (nSPS) is 24.7. The Hall–Kier alpha value is -1.19. The molecule has 19 heavy (non-hydrogen) atoms. The maximum Gasteiger partial charge on any atom is 0.179 e. The summed E-state index contributed by atoms with van der Waals surface area (Å²) in [5, 5.41) is 0. The molecule has 1 aromatic carbocycles. The number of benzene rings is 1. The number of nitrogens with zero attached hydrogens (tertiary/aromatic N) is 1. The second kappa shape index (κ2) is 5.85. The van der Waals surface area contributed by atoms with Gasteiger partial charge >= 0.3 is 0 Å². The molecule has 2 rings (SSSR count). The number of ether oxygens (including phenoxy) is 1. The van der Waals surface area contributed by atoms with Crippen molar-refractivity contribution in [3.63, 3.8) is 0 Å². The first-order chi connectivity index (χ1) is 9.00. The molecule has 0 radical (unpaired) electrons. The van der Waals surface area contributed by atoms with E-state index in [4.69, 9.17) is 4.74 Å². The van der Waals surface area contributed by atoms with Gasteiger partial charge < -0.3 is 4.74 Å². The Kier molecular flexibility index (Phi) is 4.38. The second-order valence-electron chi connectivity index (χ2n) is 5.50. The largest absolute Gasteiger partial charge is 0.377 e. The average molecular weight is 261 g/mol. The van der Waals surface area contributed by atoms with Gasteiger partial charge in [0.05, 0.1) is 12.1 Å². The van der Waals surface area contributed by atoms with Crippen molar-refractivity contribution in [3.8, 4) is 0 Å². The van der Waals surface area contributed by atoms with E-state index in [0.717, 1.165) is 18.6 Å². The van der Waals surface area contributed by atoms with Crippen LogP contribution in [-0.2, 0) is 4.74 Å². The van der Waals surface area contributed by atoms with Crippen LogP contribution in [0.2, 0.25) is 0 Å². The Morgan fingerprint density at radius 1 is 1.37 bits per heavy atom. The Labute approximate surface area is 115 Å². The minimum atomic E-state index is -0.114. The highest BCUT2D eigenvalue weighted by Gasteiger charge is 2.32. The molecule has 104 valence electrons. The second-order valence-corrected chi connectivity index (χ2v) is 5.50. The molecule has 1 heterocycles. The Morgan fingerprint density at radius 3 is 2.53 bits per heavy atom. The molecule has 1 fully saturated rings. The summed E-state index contributed by atoms with van der Waals surface area (Å²) in [6, 6.07) is 8.02. The number of aryl methyl sites for hydroxylation is 1. The number of rotatable bonds is 4. The molecule has 0 spiro atoms. The van der Waals surface area contributed by atoms with E-state index in [1.165, 1.54) is 5.56 Å². The Morgan fingerprint density at radius 2 is 2.00 bits per heavy atom. The van der Waals surface area contributed by atoms with Crippen molar-refractivity contribution in [1.82, 2.24) is 4.90 Å². The first kappa shape index (κ1) is 14.2. The molecule has 0 saturated carbocycles. The quantitative estimate of drug-likeness (QED) is 0.780.